The van der Waals surface area contributed by atoms with Crippen LogP contribution in [0.4, 0.5) is 18.3 Å². The fourth-order valence-electron chi connectivity index (χ4n) is 0.570. The van der Waals surface area contributed by atoms with Crippen LogP contribution >= 0.6 is 23.3 Å². The van der Waals surface area contributed by atoms with Gasteiger partial charge in [0.05, 0.1) is 6.61 Å². The Bertz CT molecular complexity index is 290. The molecule has 1 aromatic heterocycles. The molecule has 4 nitrogen and oxygen atoms in total. The molecule has 9 heteroatoms. The lowest BCUT2D eigenvalue weighted by Crippen LogP contribution is -2.15. The standard InChI is InChI=1S/C5H6F3N3OS2/c6-5(7,8)12-1-2-13-4-10-3(9)14-11-4/h1-2H2,(H2,9,10,11). The van der Waals surface area contributed by atoms with Crippen LogP contribution in [0.2, 0.25) is 0 Å². The fourth-order valence-corrected chi connectivity index (χ4v) is 1.80. The van der Waals surface area contributed by atoms with Crippen LogP contribution in [0.3, 0.4) is 0 Å². The van der Waals surface area contributed by atoms with Crippen LogP contribution in [0, 0.1) is 0 Å². The molecule has 0 unspecified atom stereocenters. The van der Waals surface area contributed by atoms with Crippen LogP contribution in [0.5, 0.6) is 0 Å². The molecule has 0 amide bonds. The number of rotatable bonds is 4. The van der Waals surface area contributed by atoms with E-state index in [0.717, 1.165) is 23.3 Å². The van der Waals surface area contributed by atoms with Crippen LogP contribution < -0.4 is 5.73 Å². The van der Waals surface area contributed by atoms with E-state index >= 15 is 0 Å². The molecule has 0 atom stereocenters. The maximum atomic E-state index is 11.5. The van der Waals surface area contributed by atoms with Gasteiger partial charge in [-0.2, -0.15) is 9.36 Å². The monoisotopic (exact) mass is 245 g/mol. The molecule has 1 heterocycles. The quantitative estimate of drug-likeness (QED) is 0.646. The summed E-state index contributed by atoms with van der Waals surface area (Å²) >= 11 is 2.07. The van der Waals surface area contributed by atoms with E-state index in [2.05, 4.69) is 14.1 Å². The number of alkyl halides is 3. The minimum absolute atomic E-state index is 0.135. The first-order chi connectivity index (χ1) is 6.47. The number of anilines is 1. The average Bonchev–Trinajstić information content (AvgIpc) is 2.44. The van der Waals surface area contributed by atoms with Crippen molar-refractivity contribution in [2.45, 2.75) is 11.5 Å². The van der Waals surface area contributed by atoms with E-state index in [4.69, 9.17) is 5.73 Å². The Morgan fingerprint density at radius 2 is 2.21 bits per heavy atom. The summed E-state index contributed by atoms with van der Waals surface area (Å²) < 4.78 is 41.8. The Morgan fingerprint density at radius 1 is 1.50 bits per heavy atom. The summed E-state index contributed by atoms with van der Waals surface area (Å²) in [5.74, 6) is 0.135. The Hall–Kier alpha value is -0.540. The Labute approximate surface area is 85.8 Å². The lowest BCUT2D eigenvalue weighted by atomic mass is 10.9. The number of nitrogens with zero attached hydrogens (tertiary/aromatic N) is 2. The molecule has 0 aliphatic rings. The van der Waals surface area contributed by atoms with Gasteiger partial charge in [-0.1, -0.05) is 11.8 Å². The van der Waals surface area contributed by atoms with Crippen molar-refractivity contribution < 1.29 is 17.9 Å². The van der Waals surface area contributed by atoms with Crippen molar-refractivity contribution in [3.8, 4) is 0 Å². The van der Waals surface area contributed by atoms with Gasteiger partial charge >= 0.3 is 6.36 Å². The highest BCUT2D eigenvalue weighted by atomic mass is 32.2. The molecule has 0 radical (unpaired) electrons. The summed E-state index contributed by atoms with van der Waals surface area (Å²) in [6.07, 6.45) is -4.57. The number of hydrogen-bond acceptors (Lipinski definition) is 6. The highest BCUT2D eigenvalue weighted by molar-refractivity contribution is 7.99. The van der Waals surface area contributed by atoms with E-state index in [1.54, 1.807) is 0 Å². The lowest BCUT2D eigenvalue weighted by Gasteiger charge is -2.05. The van der Waals surface area contributed by atoms with E-state index in [0.29, 0.717) is 10.3 Å². The van der Waals surface area contributed by atoms with Gasteiger partial charge in [0.25, 0.3) is 0 Å². The Kier molecular flexibility index (Phi) is 3.96. The van der Waals surface area contributed by atoms with Crippen LogP contribution in [-0.4, -0.2) is 28.1 Å². The largest absolute Gasteiger partial charge is 0.522 e. The van der Waals surface area contributed by atoms with Gasteiger partial charge in [0.1, 0.15) is 0 Å². The smallest absolute Gasteiger partial charge is 0.374 e. The Balaban J connectivity index is 2.16. The van der Waals surface area contributed by atoms with Gasteiger partial charge in [0.2, 0.25) is 10.3 Å². The average molecular weight is 245 g/mol. The van der Waals surface area contributed by atoms with E-state index in [1.165, 1.54) is 0 Å². The van der Waals surface area contributed by atoms with E-state index in [-0.39, 0.29) is 5.75 Å². The van der Waals surface area contributed by atoms with Crippen molar-refractivity contribution in [2.24, 2.45) is 0 Å². The van der Waals surface area contributed by atoms with Gasteiger partial charge in [-0.25, -0.2) is 0 Å². The van der Waals surface area contributed by atoms with E-state index < -0.39 is 13.0 Å². The summed E-state index contributed by atoms with van der Waals surface area (Å²) in [4.78, 5) is 3.76. The van der Waals surface area contributed by atoms with Crippen molar-refractivity contribution >= 4 is 28.4 Å². The van der Waals surface area contributed by atoms with Gasteiger partial charge in [0, 0.05) is 17.3 Å². The van der Waals surface area contributed by atoms with Crippen molar-refractivity contribution in [3.63, 3.8) is 0 Å². The first-order valence-corrected chi connectivity index (χ1v) is 5.16. The summed E-state index contributed by atoms with van der Waals surface area (Å²) in [7, 11) is 0. The van der Waals surface area contributed by atoms with Crippen molar-refractivity contribution in [1.29, 1.82) is 0 Å². The van der Waals surface area contributed by atoms with Gasteiger partial charge in [0.15, 0.2) is 0 Å². The third-order valence-electron chi connectivity index (χ3n) is 1.00. The molecular weight excluding hydrogens is 239 g/mol. The molecule has 0 aliphatic heterocycles. The second kappa shape index (κ2) is 4.80. The molecule has 0 fully saturated rings. The molecule has 2 N–H and O–H groups in total. The lowest BCUT2D eigenvalue weighted by molar-refractivity contribution is -0.322. The molecule has 0 saturated heterocycles. The van der Waals surface area contributed by atoms with Gasteiger partial charge < -0.3 is 5.73 Å². The normalized spacial score (nSPS) is 11.9. The summed E-state index contributed by atoms with van der Waals surface area (Å²) in [6.45, 7) is -0.423. The number of aromatic nitrogens is 2. The summed E-state index contributed by atoms with van der Waals surface area (Å²) in [5.41, 5.74) is 5.27. The SMILES string of the molecule is Nc1nc(SCCOC(F)(F)F)ns1. The van der Waals surface area contributed by atoms with Gasteiger partial charge in [-0.15, -0.1) is 13.2 Å². The van der Waals surface area contributed by atoms with Crippen molar-refractivity contribution in [2.75, 3.05) is 18.1 Å². The summed E-state index contributed by atoms with van der Waals surface area (Å²) in [6, 6.07) is 0. The van der Waals surface area contributed by atoms with Crippen LogP contribution in [0.25, 0.3) is 0 Å². The number of ether oxygens (including phenoxy) is 1. The topological polar surface area (TPSA) is 61.0 Å². The number of nitrogens with two attached hydrogens (primary N) is 1. The highest BCUT2D eigenvalue weighted by Gasteiger charge is 2.28. The zero-order valence-electron chi connectivity index (χ0n) is 6.74. The number of hydrogen-bond donors (Lipinski definition) is 1. The second-order valence-electron chi connectivity index (χ2n) is 2.06. The highest BCUT2D eigenvalue weighted by Crippen LogP contribution is 2.20. The molecule has 0 aromatic carbocycles. The number of nitrogen functional groups attached to an aromatic ring is 1. The van der Waals surface area contributed by atoms with Crippen molar-refractivity contribution in [3.05, 3.63) is 0 Å². The molecule has 1 aromatic rings. The molecule has 80 valence electrons. The molecule has 0 aliphatic carbocycles. The Morgan fingerprint density at radius 3 is 2.71 bits per heavy atom. The third kappa shape index (κ3) is 4.63. The van der Waals surface area contributed by atoms with Crippen LogP contribution in [-0.2, 0) is 4.74 Å². The minimum atomic E-state index is -4.57. The van der Waals surface area contributed by atoms with Gasteiger partial charge in [-0.3, -0.25) is 4.74 Å². The zero-order valence-corrected chi connectivity index (χ0v) is 8.38. The molecule has 14 heavy (non-hydrogen) atoms. The maximum Gasteiger partial charge on any atom is 0.522 e. The minimum Gasteiger partial charge on any atom is -0.374 e. The number of thioether (sulfide) groups is 1. The molecule has 1 rings (SSSR count). The zero-order chi connectivity index (χ0) is 10.6. The molecule has 0 bridgehead atoms. The van der Waals surface area contributed by atoms with Crippen molar-refractivity contribution in [1.82, 2.24) is 9.36 Å². The van der Waals surface area contributed by atoms with Crippen LogP contribution in [0.1, 0.15) is 0 Å². The number of halogens is 3. The maximum absolute atomic E-state index is 11.5. The first kappa shape index (κ1) is 11.5. The van der Waals surface area contributed by atoms with Gasteiger partial charge in [-0.05, 0) is 0 Å². The van der Waals surface area contributed by atoms with E-state index in [9.17, 15) is 13.2 Å². The fraction of sp³-hybridized carbons (Fsp3) is 0.600. The molecule has 0 spiro atoms. The predicted octanol–water partition coefficient (Wildman–Crippen LogP) is 1.75. The summed E-state index contributed by atoms with van der Waals surface area (Å²) in [5, 5.41) is 0.669. The predicted molar refractivity (Wildman–Crippen MR) is 47.1 cm³/mol. The van der Waals surface area contributed by atoms with E-state index in [1.807, 2.05) is 0 Å². The third-order valence-corrected chi connectivity index (χ3v) is 2.47. The van der Waals surface area contributed by atoms with Crippen LogP contribution in [0.15, 0.2) is 5.16 Å². The second-order valence-corrected chi connectivity index (χ2v) is 3.90. The molecular formula is C5H6F3N3OS2. The molecule has 0 saturated carbocycles. The first-order valence-electron chi connectivity index (χ1n) is 3.40.